The zero-order valence-electron chi connectivity index (χ0n) is 7.53. The van der Waals surface area contributed by atoms with Gasteiger partial charge in [-0.3, -0.25) is 0 Å². The van der Waals surface area contributed by atoms with Crippen molar-refractivity contribution >= 4 is 0 Å². The van der Waals surface area contributed by atoms with Gasteiger partial charge in [0.1, 0.15) is 0 Å². The molecule has 0 radical (unpaired) electrons. The molecule has 0 aromatic heterocycles. The lowest BCUT2D eigenvalue weighted by atomic mass is 10.1. The van der Waals surface area contributed by atoms with Crippen molar-refractivity contribution in [3.05, 3.63) is 34.9 Å². The molecule has 1 N–H and O–H groups in total. The Kier molecular flexibility index (Phi) is 3.33. The third kappa shape index (κ3) is 2.23. The van der Waals surface area contributed by atoms with Gasteiger partial charge >= 0.3 is 0 Å². The van der Waals surface area contributed by atoms with Crippen LogP contribution in [0.25, 0.3) is 0 Å². The summed E-state index contributed by atoms with van der Waals surface area (Å²) >= 11 is 0. The highest BCUT2D eigenvalue weighted by molar-refractivity contribution is 5.25. The molecule has 0 aliphatic heterocycles. The zero-order valence-corrected chi connectivity index (χ0v) is 7.53. The molecule has 0 atom stereocenters. The van der Waals surface area contributed by atoms with Crippen molar-refractivity contribution in [2.75, 3.05) is 7.11 Å². The van der Waals surface area contributed by atoms with Crippen LogP contribution >= 0.6 is 0 Å². The molecule has 0 aliphatic rings. The summed E-state index contributed by atoms with van der Waals surface area (Å²) in [7, 11) is 1.42. The predicted molar refractivity (Wildman–Crippen MR) is 44.9 cm³/mol. The number of hydrogen-bond acceptors (Lipinski definition) is 2. The minimum atomic E-state index is -0.815. The van der Waals surface area contributed by atoms with Crippen molar-refractivity contribution in [2.24, 2.45) is 0 Å². The smallest absolute Gasteiger partial charge is 0.163 e. The van der Waals surface area contributed by atoms with Gasteiger partial charge in [0.15, 0.2) is 11.6 Å². The lowest BCUT2D eigenvalue weighted by molar-refractivity contribution is 0.0857. The van der Waals surface area contributed by atoms with Crippen LogP contribution in [0.5, 0.6) is 0 Å². The van der Waals surface area contributed by atoms with Gasteiger partial charge in [-0.2, -0.15) is 5.48 Å². The molecular weight excluding hydrogens is 176 g/mol. The third-order valence-corrected chi connectivity index (χ3v) is 1.76. The Hall–Kier alpha value is -1.00. The second kappa shape index (κ2) is 4.30. The van der Waals surface area contributed by atoms with Gasteiger partial charge in [-0.25, -0.2) is 8.78 Å². The Morgan fingerprint density at radius 1 is 1.31 bits per heavy atom. The van der Waals surface area contributed by atoms with Gasteiger partial charge in [0.05, 0.1) is 7.11 Å². The number of hydrogen-bond donors (Lipinski definition) is 1. The van der Waals surface area contributed by atoms with Gasteiger partial charge in [-0.1, -0.05) is 12.1 Å². The summed E-state index contributed by atoms with van der Waals surface area (Å²) in [6.45, 7) is 1.67. The number of nitrogens with one attached hydrogen (secondary N) is 1. The predicted octanol–water partition coefficient (Wildman–Crippen LogP) is 1.92. The maximum atomic E-state index is 13.1. The van der Waals surface area contributed by atoms with Crippen molar-refractivity contribution < 1.29 is 13.6 Å². The average Bonchev–Trinajstić information content (AvgIpc) is 2.13. The molecule has 1 rings (SSSR count). The van der Waals surface area contributed by atoms with Gasteiger partial charge < -0.3 is 4.84 Å². The van der Waals surface area contributed by atoms with Crippen LogP contribution in [-0.2, 0) is 11.4 Å². The summed E-state index contributed by atoms with van der Waals surface area (Å²) in [6.07, 6.45) is 0. The molecule has 1 aromatic rings. The zero-order chi connectivity index (χ0) is 9.84. The highest BCUT2D eigenvalue weighted by atomic mass is 19.2. The van der Waals surface area contributed by atoms with Crippen LogP contribution < -0.4 is 5.48 Å². The Balaban J connectivity index is 2.90. The Morgan fingerprint density at radius 3 is 2.62 bits per heavy atom. The summed E-state index contributed by atoms with van der Waals surface area (Å²) in [5.41, 5.74) is 3.00. The van der Waals surface area contributed by atoms with E-state index in [1.807, 2.05) is 0 Å². The van der Waals surface area contributed by atoms with E-state index in [0.29, 0.717) is 5.56 Å². The average molecular weight is 187 g/mol. The van der Waals surface area contributed by atoms with Crippen LogP contribution in [-0.4, -0.2) is 7.11 Å². The van der Waals surface area contributed by atoms with E-state index in [9.17, 15) is 8.78 Å². The molecule has 2 nitrogen and oxygen atoms in total. The summed E-state index contributed by atoms with van der Waals surface area (Å²) in [5.74, 6) is -1.61. The first kappa shape index (κ1) is 10.1. The standard InChI is InChI=1S/C9H11F2NO/c1-6-3-4-7(5-12-13-2)9(11)8(6)10/h3-4,12H,5H2,1-2H3. The summed E-state index contributed by atoms with van der Waals surface area (Å²) < 4.78 is 26.1. The molecule has 4 heteroatoms. The number of halogens is 2. The van der Waals surface area contributed by atoms with E-state index in [1.54, 1.807) is 0 Å². The summed E-state index contributed by atoms with van der Waals surface area (Å²) in [6, 6.07) is 3.06. The highest BCUT2D eigenvalue weighted by Gasteiger charge is 2.09. The van der Waals surface area contributed by atoms with Crippen LogP contribution in [0.1, 0.15) is 11.1 Å². The molecule has 0 saturated carbocycles. The maximum absolute atomic E-state index is 13.1. The molecule has 1 aromatic carbocycles. The van der Waals surface area contributed by atoms with E-state index in [1.165, 1.54) is 26.2 Å². The van der Waals surface area contributed by atoms with Crippen molar-refractivity contribution in [3.8, 4) is 0 Å². The molecule has 0 spiro atoms. The number of benzene rings is 1. The van der Waals surface area contributed by atoms with Crippen molar-refractivity contribution in [3.63, 3.8) is 0 Å². The Labute approximate surface area is 75.5 Å². The topological polar surface area (TPSA) is 21.3 Å². The van der Waals surface area contributed by atoms with E-state index in [0.717, 1.165) is 0 Å². The Morgan fingerprint density at radius 2 is 2.00 bits per heavy atom. The molecule has 0 unspecified atom stereocenters. The monoisotopic (exact) mass is 187 g/mol. The molecule has 0 heterocycles. The third-order valence-electron chi connectivity index (χ3n) is 1.76. The van der Waals surface area contributed by atoms with Crippen molar-refractivity contribution in [2.45, 2.75) is 13.5 Å². The fraction of sp³-hybridized carbons (Fsp3) is 0.333. The normalized spacial score (nSPS) is 10.5. The second-order valence-corrected chi connectivity index (χ2v) is 2.69. The number of hydroxylamine groups is 1. The van der Waals surface area contributed by atoms with Gasteiger partial charge in [-0.05, 0) is 12.5 Å². The molecule has 13 heavy (non-hydrogen) atoms. The molecule has 0 aliphatic carbocycles. The molecule has 72 valence electrons. The number of aryl methyl sites for hydroxylation is 1. The molecule has 0 bridgehead atoms. The van der Waals surface area contributed by atoms with E-state index in [4.69, 9.17) is 0 Å². The maximum Gasteiger partial charge on any atom is 0.163 e. The highest BCUT2D eigenvalue weighted by Crippen LogP contribution is 2.15. The van der Waals surface area contributed by atoms with Crippen molar-refractivity contribution in [1.82, 2.24) is 5.48 Å². The molecular formula is C9H11F2NO. The van der Waals surface area contributed by atoms with Crippen LogP contribution in [0.2, 0.25) is 0 Å². The van der Waals surface area contributed by atoms with Gasteiger partial charge in [0, 0.05) is 12.1 Å². The van der Waals surface area contributed by atoms with Crippen LogP contribution in [0.3, 0.4) is 0 Å². The fourth-order valence-corrected chi connectivity index (χ4v) is 0.972. The molecule has 0 amide bonds. The largest absolute Gasteiger partial charge is 0.305 e. The van der Waals surface area contributed by atoms with Crippen LogP contribution in [0, 0.1) is 18.6 Å². The minimum absolute atomic E-state index is 0.152. The van der Waals surface area contributed by atoms with Gasteiger partial charge in [0.2, 0.25) is 0 Å². The first-order valence-electron chi connectivity index (χ1n) is 3.86. The second-order valence-electron chi connectivity index (χ2n) is 2.69. The Bertz CT molecular complexity index is 302. The summed E-state index contributed by atoms with van der Waals surface area (Å²) in [4.78, 5) is 4.53. The molecule has 0 saturated heterocycles. The minimum Gasteiger partial charge on any atom is -0.305 e. The SMILES string of the molecule is CONCc1ccc(C)c(F)c1F. The number of rotatable bonds is 3. The van der Waals surface area contributed by atoms with Gasteiger partial charge in [-0.15, -0.1) is 0 Å². The first-order valence-corrected chi connectivity index (χ1v) is 3.86. The van der Waals surface area contributed by atoms with E-state index < -0.39 is 11.6 Å². The van der Waals surface area contributed by atoms with E-state index >= 15 is 0 Å². The summed E-state index contributed by atoms with van der Waals surface area (Å²) in [5, 5.41) is 0. The lowest BCUT2D eigenvalue weighted by Crippen LogP contribution is -2.12. The fourth-order valence-electron chi connectivity index (χ4n) is 0.972. The van der Waals surface area contributed by atoms with E-state index in [-0.39, 0.29) is 12.1 Å². The first-order chi connectivity index (χ1) is 6.16. The quantitative estimate of drug-likeness (QED) is 0.730. The lowest BCUT2D eigenvalue weighted by Gasteiger charge is -2.05. The van der Waals surface area contributed by atoms with Gasteiger partial charge in [0.25, 0.3) is 0 Å². The van der Waals surface area contributed by atoms with Crippen LogP contribution in [0.4, 0.5) is 8.78 Å². The van der Waals surface area contributed by atoms with E-state index in [2.05, 4.69) is 10.3 Å². The van der Waals surface area contributed by atoms with Crippen LogP contribution in [0.15, 0.2) is 12.1 Å². The molecule has 0 fully saturated rings. The van der Waals surface area contributed by atoms with Crippen molar-refractivity contribution in [1.29, 1.82) is 0 Å².